The van der Waals surface area contributed by atoms with Crippen molar-refractivity contribution in [1.82, 2.24) is 73.6 Å². The molecule has 2 aliphatic heterocycles. The number of rotatable bonds is 31. The summed E-state index contributed by atoms with van der Waals surface area (Å²) in [5, 5.41) is 35.6. The number of hydrogen-bond acceptors (Lipinski definition) is 20. The van der Waals surface area contributed by atoms with Gasteiger partial charge in [-0.05, 0) is 279 Å². The molecule has 698 valence electrons. The maximum Gasteiger partial charge on any atom is 0.407 e. The zero-order valence-electron chi connectivity index (χ0n) is 76.3. The maximum atomic E-state index is 13.2. The molecule has 2 saturated heterocycles. The van der Waals surface area contributed by atoms with Crippen LogP contribution in [0.5, 0.6) is 0 Å². The van der Waals surface area contributed by atoms with Crippen LogP contribution >= 0.6 is 11.6 Å². The number of benzene rings is 5. The molecule has 5 aromatic rings. The van der Waals surface area contributed by atoms with E-state index >= 15 is 0 Å². The Hall–Kier alpha value is -9.79. The summed E-state index contributed by atoms with van der Waals surface area (Å²) in [6.45, 7) is 25.6. The fourth-order valence-electron chi connectivity index (χ4n) is 16.4. The second kappa shape index (κ2) is 52.6. The van der Waals surface area contributed by atoms with Crippen LogP contribution in [0.1, 0.15) is 182 Å². The quantitative estimate of drug-likeness (QED) is 0.0129. The Morgan fingerprint density at radius 3 is 0.937 bits per heavy atom. The van der Waals surface area contributed by atoms with Crippen molar-refractivity contribution < 1.29 is 62.2 Å². The van der Waals surface area contributed by atoms with Crippen LogP contribution in [0, 0.1) is 0 Å². The number of hydrogen-bond donors (Lipinski definition) is 15. The summed E-state index contributed by atoms with van der Waals surface area (Å²) >= 11 is 5.58. The summed E-state index contributed by atoms with van der Waals surface area (Å²) in [5.41, 5.74) is 28.8. The fraction of sp³-hybridized carbons (Fsp3) is 0.583. The summed E-state index contributed by atoms with van der Waals surface area (Å²) in [4.78, 5) is 127. The van der Waals surface area contributed by atoms with Gasteiger partial charge in [0.15, 0.2) is 0 Å². The maximum absolute atomic E-state index is 13.2. The topological polar surface area (TPSA) is 427 Å². The van der Waals surface area contributed by atoms with Gasteiger partial charge in [-0.15, -0.1) is 11.6 Å². The Labute approximate surface area is 756 Å². The number of amides is 10. The molecule has 5 aliphatic carbocycles. The van der Waals surface area contributed by atoms with Crippen molar-refractivity contribution in [3.05, 3.63) is 177 Å². The molecule has 0 radical (unpaired) electrons. The number of carbonyl (C=O) groups is 10. The van der Waals surface area contributed by atoms with Crippen LogP contribution in [-0.4, -0.2) is 238 Å². The lowest BCUT2D eigenvalue weighted by Gasteiger charge is -2.24. The standard InChI is InChI=1S/C26H41N5O4.C21H30ClN3O4.C21H33N5O2.C19H29N3O3.C9H11N/c1-26(2,3)35-25(34)28-12-6-10-22(30-23(32)18-31-14-7-11-27-13-15-31)24(33)29-21-16-19-8-4-5-9-20(19)17-21;1-21(2,3)29-20(28)23-10-6-9-17(25-18(26)13-22)19(27)24-16-11-14-7-4-5-8-15(14)12-16;22-8-3-7-19(25-20(27)15-26-11-4-9-23-10-12-26)21(28)24-18-13-16-5-1-2-6-17(16)14-18;1-19(2,3)25-18(24)21-10-6-9-16(20)17(23)22-15-11-13-7-4-5-8-14(13)12-15;10-9-5-7-3-1-2-4-8(7)6-9/h4-5,8-9,21-22,27H,6-7,10-18H2,1-3H3,(H,28,34)(H,29,33)(H,30,32);4-5,7-8,16-17H,6,9-13H2,1-3H3,(H,23,28)(H,24,27)(H,25,26);1-2,5-6,18-19,23H,3-4,7-15,22H2,(H,24,28)(H,25,27);4-5,7-8,15-16H,6,9-12,20H2,1-3H3,(H,21,24)(H,22,23);1-4,9H,5-6,10H2/t22-;17-;19-;16-;/m1111./s1. The first-order chi connectivity index (χ1) is 60.6. The first-order valence-corrected chi connectivity index (χ1v) is 46.1. The molecule has 18 N–H and O–H groups in total. The van der Waals surface area contributed by atoms with E-state index in [1.165, 1.54) is 55.6 Å². The molecule has 12 rings (SSSR count). The molecule has 0 saturated carbocycles. The van der Waals surface area contributed by atoms with Gasteiger partial charge in [0.05, 0.1) is 19.1 Å². The van der Waals surface area contributed by atoms with Gasteiger partial charge in [0.2, 0.25) is 41.4 Å². The molecule has 31 heteroatoms. The van der Waals surface area contributed by atoms with Crippen molar-refractivity contribution in [3.63, 3.8) is 0 Å². The molecule has 0 bridgehead atoms. The van der Waals surface area contributed by atoms with E-state index in [1.807, 2.05) is 90.1 Å². The van der Waals surface area contributed by atoms with Crippen molar-refractivity contribution in [2.45, 2.75) is 262 Å². The highest BCUT2D eigenvalue weighted by Gasteiger charge is 2.33. The normalized spacial score (nSPS) is 16.8. The SMILES string of the molecule is CC(C)(C)OC(=O)NCCC[C@@H](N)C(=O)NC1Cc2ccccc2C1.CC(C)(C)OC(=O)NCCC[C@@H](NC(=O)CCl)C(=O)NC1Cc2ccccc2C1.CC(C)(C)OC(=O)NCCC[C@@H](NC(=O)CN1CCCNCC1)C(=O)NC1Cc2ccccc2C1.NC1Cc2ccccc2C1.NCCC[C@@H](NC(=O)CN1CCCNCC1)C(=O)NC1Cc2ccccc2C1. The second-order valence-electron chi connectivity index (χ2n) is 37.0. The van der Waals surface area contributed by atoms with E-state index in [-0.39, 0.29) is 72.0 Å². The molecular formula is C96H144ClN17O13. The summed E-state index contributed by atoms with van der Waals surface area (Å²) in [7, 11) is 0. The van der Waals surface area contributed by atoms with E-state index in [4.69, 9.17) is 43.0 Å². The van der Waals surface area contributed by atoms with Crippen molar-refractivity contribution >= 4 is 71.2 Å². The van der Waals surface area contributed by atoms with E-state index in [0.29, 0.717) is 90.1 Å². The third-order valence-corrected chi connectivity index (χ3v) is 22.7. The fourth-order valence-corrected chi connectivity index (χ4v) is 16.5. The van der Waals surface area contributed by atoms with Gasteiger partial charge in [-0.1, -0.05) is 121 Å². The van der Waals surface area contributed by atoms with E-state index < -0.39 is 65.2 Å². The monoisotopic (exact) mass is 1780 g/mol. The number of alkyl carbamates (subject to hydrolysis) is 3. The third-order valence-electron chi connectivity index (χ3n) is 22.4. The first kappa shape index (κ1) is 103. The highest BCUT2D eigenvalue weighted by atomic mass is 35.5. The number of nitrogens with two attached hydrogens (primary N) is 3. The Morgan fingerprint density at radius 2 is 0.654 bits per heavy atom. The molecule has 0 aromatic heterocycles. The highest BCUT2D eigenvalue weighted by molar-refractivity contribution is 6.27. The van der Waals surface area contributed by atoms with Crippen LogP contribution in [0.2, 0.25) is 0 Å². The van der Waals surface area contributed by atoms with Gasteiger partial charge in [-0.3, -0.25) is 43.4 Å². The number of nitrogens with zero attached hydrogens (tertiary/aromatic N) is 2. The average Bonchev–Trinajstić information content (AvgIpc) is 1.51. The van der Waals surface area contributed by atoms with E-state index in [2.05, 4.69) is 146 Å². The van der Waals surface area contributed by atoms with Gasteiger partial charge >= 0.3 is 18.3 Å². The van der Waals surface area contributed by atoms with Gasteiger partial charge in [0.25, 0.3) is 0 Å². The smallest absolute Gasteiger partial charge is 0.407 e. The Balaban J connectivity index is 0.000000203. The number of alkyl halides is 1. The second-order valence-corrected chi connectivity index (χ2v) is 37.2. The molecule has 0 spiro atoms. The predicted octanol–water partition coefficient (Wildman–Crippen LogP) is 6.46. The van der Waals surface area contributed by atoms with Crippen LogP contribution in [0.4, 0.5) is 14.4 Å². The molecule has 2 heterocycles. The van der Waals surface area contributed by atoms with Crippen LogP contribution in [-0.2, 0) is 112 Å². The van der Waals surface area contributed by atoms with Crippen LogP contribution in [0.25, 0.3) is 0 Å². The largest absolute Gasteiger partial charge is 0.444 e. The minimum Gasteiger partial charge on any atom is -0.444 e. The Kier molecular flexibility index (Phi) is 42.5. The van der Waals surface area contributed by atoms with Gasteiger partial charge in [-0.25, -0.2) is 14.4 Å². The van der Waals surface area contributed by atoms with Gasteiger partial charge in [0.1, 0.15) is 40.8 Å². The minimum atomic E-state index is -0.703. The predicted molar refractivity (Wildman–Crippen MR) is 496 cm³/mol. The zero-order chi connectivity index (χ0) is 91.9. The van der Waals surface area contributed by atoms with E-state index in [1.54, 1.807) is 20.8 Å². The Morgan fingerprint density at radius 1 is 0.386 bits per heavy atom. The van der Waals surface area contributed by atoms with Gasteiger partial charge in [0, 0.05) is 76.0 Å². The summed E-state index contributed by atoms with van der Waals surface area (Å²) in [6.07, 6.45) is 13.5. The van der Waals surface area contributed by atoms with E-state index in [9.17, 15) is 47.9 Å². The van der Waals surface area contributed by atoms with Crippen LogP contribution < -0.4 is 81.0 Å². The van der Waals surface area contributed by atoms with Crippen LogP contribution in [0.15, 0.2) is 121 Å². The molecule has 7 aliphatic rings. The number of nitrogens with one attached hydrogen (secondary N) is 12. The van der Waals surface area contributed by atoms with Gasteiger partial charge < -0.3 is 95.2 Å². The minimum absolute atomic E-state index is 0.00944. The lowest BCUT2D eigenvalue weighted by atomic mass is 10.1. The molecule has 10 amide bonds. The third kappa shape index (κ3) is 39.0. The lowest BCUT2D eigenvalue weighted by Crippen LogP contribution is -2.52. The molecule has 5 aromatic carbocycles. The summed E-state index contributed by atoms with van der Waals surface area (Å²) in [5.74, 6) is -1.50. The first-order valence-electron chi connectivity index (χ1n) is 45.6. The number of carbonyl (C=O) groups excluding carboxylic acids is 10. The number of fused-ring (bicyclic) bond motifs is 5. The lowest BCUT2D eigenvalue weighted by molar-refractivity contribution is -0.130. The van der Waals surface area contributed by atoms with Crippen molar-refractivity contribution in [2.24, 2.45) is 17.2 Å². The number of ether oxygens (including phenoxy) is 3. The Bertz CT molecular complexity index is 4200. The molecule has 30 nitrogen and oxygen atoms in total. The molecule has 127 heavy (non-hydrogen) atoms. The zero-order valence-corrected chi connectivity index (χ0v) is 77.1. The highest BCUT2D eigenvalue weighted by Crippen LogP contribution is 2.27. The average molecular weight is 1780 g/mol. The van der Waals surface area contributed by atoms with Crippen molar-refractivity contribution in [2.75, 3.05) is 97.5 Å². The van der Waals surface area contributed by atoms with Crippen molar-refractivity contribution in [3.8, 4) is 0 Å². The molecule has 2 fully saturated rings. The molecule has 0 unspecified atom stereocenters. The number of halogens is 1. The summed E-state index contributed by atoms with van der Waals surface area (Å²) in [6, 6.07) is 39.6. The van der Waals surface area contributed by atoms with E-state index in [0.717, 1.165) is 129 Å². The molecule has 4 atom stereocenters. The summed E-state index contributed by atoms with van der Waals surface area (Å²) < 4.78 is 15.6. The van der Waals surface area contributed by atoms with Crippen LogP contribution in [0.3, 0.4) is 0 Å². The van der Waals surface area contributed by atoms with Gasteiger partial charge in [-0.2, -0.15) is 0 Å². The molecular weight excluding hydrogens is 1630 g/mol. The van der Waals surface area contributed by atoms with Crippen molar-refractivity contribution in [1.29, 1.82) is 0 Å².